The average Bonchev–Trinajstić information content (AvgIpc) is 3.02. The molecule has 1 saturated carbocycles. The Morgan fingerprint density at radius 3 is 2.72 bits per heavy atom. The Kier molecular flexibility index (Phi) is 2.50. The van der Waals surface area contributed by atoms with Crippen LogP contribution in [0.4, 0.5) is 0 Å². The molecule has 2 heterocycles. The number of nitrogens with one attached hydrogen (secondary N) is 1. The van der Waals surface area contributed by atoms with Crippen molar-refractivity contribution in [1.82, 2.24) is 15.1 Å². The van der Waals surface area contributed by atoms with Crippen molar-refractivity contribution in [2.45, 2.75) is 31.5 Å². The van der Waals surface area contributed by atoms with Crippen LogP contribution >= 0.6 is 0 Å². The summed E-state index contributed by atoms with van der Waals surface area (Å²) in [6.07, 6.45) is 9.95. The Hall–Kier alpha value is -1.98. The first kappa shape index (κ1) is 11.1. The third-order valence-electron chi connectivity index (χ3n) is 3.71. The lowest BCUT2D eigenvalue weighted by Crippen LogP contribution is -2.55. The number of amidine groups is 1. The summed E-state index contributed by atoms with van der Waals surface area (Å²) < 4.78 is 1.83. The van der Waals surface area contributed by atoms with Gasteiger partial charge in [0.15, 0.2) is 0 Å². The molecule has 1 fully saturated rings. The van der Waals surface area contributed by atoms with Gasteiger partial charge in [-0.05, 0) is 18.9 Å². The topological polar surface area (TPSA) is 94.3 Å². The van der Waals surface area contributed by atoms with Crippen molar-refractivity contribution >= 4 is 5.84 Å². The van der Waals surface area contributed by atoms with E-state index in [4.69, 9.17) is 11.5 Å². The van der Waals surface area contributed by atoms with Crippen molar-refractivity contribution < 1.29 is 0 Å². The van der Waals surface area contributed by atoms with Gasteiger partial charge in [0, 0.05) is 24.4 Å². The quantitative estimate of drug-likeness (QED) is 0.706. The van der Waals surface area contributed by atoms with Gasteiger partial charge < -0.3 is 16.8 Å². The Balaban J connectivity index is 2.07. The molecule has 0 radical (unpaired) electrons. The van der Waals surface area contributed by atoms with Crippen LogP contribution < -0.4 is 16.8 Å². The minimum atomic E-state index is -0.650. The smallest absolute Gasteiger partial charge is 0.232 e. The second kappa shape index (κ2) is 4.04. The molecule has 2 aliphatic rings. The number of hydrogen-bond acceptors (Lipinski definition) is 5. The predicted octanol–water partition coefficient (Wildman–Crippen LogP) is 0.444. The van der Waals surface area contributed by atoms with E-state index in [9.17, 15) is 0 Å². The highest BCUT2D eigenvalue weighted by Crippen LogP contribution is 2.39. The van der Waals surface area contributed by atoms with Crippen LogP contribution in [0.2, 0.25) is 0 Å². The molecule has 1 atom stereocenters. The lowest BCUT2D eigenvalue weighted by atomic mass is 9.97. The number of aliphatic imine (C=N–C) groups is 1. The van der Waals surface area contributed by atoms with E-state index in [-0.39, 0.29) is 0 Å². The fraction of sp³-hybridized carbons (Fsp3) is 0.500. The van der Waals surface area contributed by atoms with Gasteiger partial charge in [-0.1, -0.05) is 12.8 Å². The van der Waals surface area contributed by atoms with Crippen LogP contribution in [0, 0.1) is 5.92 Å². The van der Waals surface area contributed by atoms with E-state index in [1.54, 1.807) is 12.3 Å². The first-order valence-corrected chi connectivity index (χ1v) is 6.31. The van der Waals surface area contributed by atoms with Gasteiger partial charge in [0.1, 0.15) is 11.7 Å². The second-order valence-corrected chi connectivity index (χ2v) is 4.92. The molecule has 1 aromatic rings. The maximum Gasteiger partial charge on any atom is 0.232 e. The van der Waals surface area contributed by atoms with E-state index in [0.717, 1.165) is 12.8 Å². The molecule has 96 valence electrons. The van der Waals surface area contributed by atoms with Crippen LogP contribution in [0.25, 0.3) is 0 Å². The van der Waals surface area contributed by atoms with Crippen molar-refractivity contribution in [2.24, 2.45) is 22.4 Å². The van der Waals surface area contributed by atoms with Gasteiger partial charge in [-0.15, -0.1) is 0 Å². The number of nitrogens with two attached hydrogens (primary N) is 2. The summed E-state index contributed by atoms with van der Waals surface area (Å²) in [5, 5.41) is 7.61. The Morgan fingerprint density at radius 2 is 2.11 bits per heavy atom. The normalized spacial score (nSPS) is 28.7. The second-order valence-electron chi connectivity index (χ2n) is 4.92. The van der Waals surface area contributed by atoms with Gasteiger partial charge in [0.2, 0.25) is 5.79 Å². The molecule has 1 aromatic heterocycles. The van der Waals surface area contributed by atoms with Crippen molar-refractivity contribution in [3.05, 3.63) is 30.4 Å². The SMILES string of the molecule is NC1=CC(N)=NC(C2CCCC2)(n2cccn2)N1. The zero-order valence-electron chi connectivity index (χ0n) is 10.2. The fourth-order valence-corrected chi connectivity index (χ4v) is 2.95. The highest BCUT2D eigenvalue weighted by Gasteiger charge is 2.44. The molecule has 0 aromatic carbocycles. The van der Waals surface area contributed by atoms with E-state index < -0.39 is 5.79 Å². The Morgan fingerprint density at radius 1 is 1.33 bits per heavy atom. The molecule has 0 saturated heterocycles. The number of rotatable bonds is 2. The Labute approximate surface area is 106 Å². The maximum absolute atomic E-state index is 5.92. The van der Waals surface area contributed by atoms with Crippen LogP contribution in [0.3, 0.4) is 0 Å². The Bertz CT molecular complexity index is 483. The molecule has 3 rings (SSSR count). The standard InChI is InChI=1S/C12H18N6/c13-10-8-11(14)17-12(16-10,9-4-1-2-5-9)18-7-3-6-15-18/h3,6-9,16H,1-2,4-5,13H2,(H2,14,17). The molecule has 1 aliphatic heterocycles. The van der Waals surface area contributed by atoms with Crippen LogP contribution in [-0.2, 0) is 5.79 Å². The zero-order valence-corrected chi connectivity index (χ0v) is 10.2. The summed E-state index contributed by atoms with van der Waals surface area (Å²) in [7, 11) is 0. The van der Waals surface area contributed by atoms with Gasteiger partial charge in [-0.25, -0.2) is 9.67 Å². The van der Waals surface area contributed by atoms with E-state index in [0.29, 0.717) is 17.6 Å². The van der Waals surface area contributed by atoms with Crippen molar-refractivity contribution in [2.75, 3.05) is 0 Å². The number of hydrogen-bond donors (Lipinski definition) is 3. The summed E-state index contributed by atoms with van der Waals surface area (Å²) >= 11 is 0. The van der Waals surface area contributed by atoms with Gasteiger partial charge in [-0.2, -0.15) is 5.10 Å². The van der Waals surface area contributed by atoms with Crippen molar-refractivity contribution in [1.29, 1.82) is 0 Å². The first-order chi connectivity index (χ1) is 8.71. The molecule has 0 amide bonds. The lowest BCUT2D eigenvalue weighted by molar-refractivity contribution is 0.122. The van der Waals surface area contributed by atoms with Crippen molar-refractivity contribution in [3.8, 4) is 0 Å². The lowest BCUT2D eigenvalue weighted by Gasteiger charge is -2.39. The molecule has 0 bridgehead atoms. The monoisotopic (exact) mass is 246 g/mol. The molecule has 0 spiro atoms. The van der Waals surface area contributed by atoms with Gasteiger partial charge in [0.25, 0.3) is 0 Å². The molecular weight excluding hydrogens is 228 g/mol. The van der Waals surface area contributed by atoms with Crippen LogP contribution in [0.15, 0.2) is 35.3 Å². The zero-order chi connectivity index (χ0) is 12.6. The van der Waals surface area contributed by atoms with E-state index in [1.165, 1.54) is 12.8 Å². The highest BCUT2D eigenvalue weighted by atomic mass is 15.5. The summed E-state index contributed by atoms with van der Waals surface area (Å²) in [4.78, 5) is 4.62. The molecule has 1 aliphatic carbocycles. The number of aromatic nitrogens is 2. The average molecular weight is 246 g/mol. The molecule has 6 nitrogen and oxygen atoms in total. The highest BCUT2D eigenvalue weighted by molar-refractivity contribution is 5.92. The minimum absolute atomic E-state index is 0.364. The maximum atomic E-state index is 5.92. The fourth-order valence-electron chi connectivity index (χ4n) is 2.95. The third-order valence-corrected chi connectivity index (χ3v) is 3.71. The third kappa shape index (κ3) is 1.64. The molecule has 6 heteroatoms. The minimum Gasteiger partial charge on any atom is -0.385 e. The van der Waals surface area contributed by atoms with Gasteiger partial charge in [0.05, 0.1) is 0 Å². The van der Waals surface area contributed by atoms with Gasteiger partial charge >= 0.3 is 0 Å². The molecule has 5 N–H and O–H groups in total. The van der Waals surface area contributed by atoms with Crippen LogP contribution in [0.1, 0.15) is 25.7 Å². The molecule has 1 unspecified atom stereocenters. The summed E-state index contributed by atoms with van der Waals surface area (Å²) in [5.74, 6) is 0.713. The predicted molar refractivity (Wildman–Crippen MR) is 69.2 cm³/mol. The van der Waals surface area contributed by atoms with E-state index in [1.807, 2.05) is 16.9 Å². The number of nitrogens with zero attached hydrogens (tertiary/aromatic N) is 3. The van der Waals surface area contributed by atoms with Crippen LogP contribution in [0.5, 0.6) is 0 Å². The summed E-state index contributed by atoms with van der Waals surface area (Å²) in [6, 6.07) is 1.89. The summed E-state index contributed by atoms with van der Waals surface area (Å²) in [5.41, 5.74) is 11.8. The van der Waals surface area contributed by atoms with Crippen LogP contribution in [-0.4, -0.2) is 15.6 Å². The first-order valence-electron chi connectivity index (χ1n) is 6.31. The van der Waals surface area contributed by atoms with E-state index >= 15 is 0 Å². The van der Waals surface area contributed by atoms with Gasteiger partial charge in [-0.3, -0.25) is 0 Å². The molecular formula is C12H18N6. The summed E-state index contributed by atoms with van der Waals surface area (Å²) in [6.45, 7) is 0. The largest absolute Gasteiger partial charge is 0.385 e. The van der Waals surface area contributed by atoms with Crippen molar-refractivity contribution in [3.63, 3.8) is 0 Å². The van der Waals surface area contributed by atoms with E-state index in [2.05, 4.69) is 15.4 Å². The molecule has 18 heavy (non-hydrogen) atoms.